The van der Waals surface area contributed by atoms with E-state index in [0.29, 0.717) is 12.3 Å². The molecule has 0 aliphatic rings. The Labute approximate surface area is 113 Å². The first-order chi connectivity index (χ1) is 8.54. The zero-order valence-electron chi connectivity index (χ0n) is 9.83. The second-order valence-corrected chi connectivity index (χ2v) is 4.31. The van der Waals surface area contributed by atoms with Crippen LogP contribution in [0, 0.1) is 0 Å². The lowest BCUT2D eigenvalue weighted by Crippen LogP contribution is -2.38. The average molecular weight is 316 g/mol. The van der Waals surface area contributed by atoms with Crippen LogP contribution in [0.5, 0.6) is 5.75 Å². The van der Waals surface area contributed by atoms with Gasteiger partial charge in [0.25, 0.3) is 5.91 Å². The summed E-state index contributed by atoms with van der Waals surface area (Å²) in [7, 11) is 1.81. The molecule has 3 amide bonds. The lowest BCUT2D eigenvalue weighted by molar-refractivity contribution is -0.121. The molecule has 0 fully saturated rings. The van der Waals surface area contributed by atoms with Gasteiger partial charge in [0, 0.05) is 12.1 Å². The molecule has 18 heavy (non-hydrogen) atoms. The van der Waals surface area contributed by atoms with Crippen molar-refractivity contribution in [3.63, 3.8) is 0 Å². The molecule has 4 N–H and O–H groups in total. The maximum Gasteiger partial charge on any atom is 0.318 e. The lowest BCUT2D eigenvalue weighted by atomic mass is 10.2. The number of imide groups is 1. The molecule has 0 unspecified atom stereocenters. The van der Waals surface area contributed by atoms with Gasteiger partial charge in [-0.3, -0.25) is 10.1 Å². The number of primary amides is 1. The molecule has 0 saturated carbocycles. The van der Waals surface area contributed by atoms with Crippen molar-refractivity contribution >= 4 is 27.9 Å². The Morgan fingerprint density at radius 3 is 2.78 bits per heavy atom. The number of amides is 3. The summed E-state index contributed by atoms with van der Waals surface area (Å²) in [6.07, 6.45) is 0. The number of benzene rings is 1. The van der Waals surface area contributed by atoms with Gasteiger partial charge in [-0.05, 0) is 29.0 Å². The van der Waals surface area contributed by atoms with E-state index in [0.717, 1.165) is 10.0 Å². The SMILES string of the molecule is CNCc1cccc(Br)c1OCC(=O)NC(N)=O. The van der Waals surface area contributed by atoms with Gasteiger partial charge in [-0.15, -0.1) is 0 Å². The van der Waals surface area contributed by atoms with Crippen LogP contribution in [0.4, 0.5) is 4.79 Å². The predicted octanol–water partition coefficient (Wildman–Crippen LogP) is 0.742. The number of urea groups is 1. The van der Waals surface area contributed by atoms with Crippen molar-refractivity contribution in [3.05, 3.63) is 28.2 Å². The summed E-state index contributed by atoms with van der Waals surface area (Å²) in [6, 6.07) is 4.65. The van der Waals surface area contributed by atoms with E-state index in [2.05, 4.69) is 21.2 Å². The molecule has 1 aromatic rings. The maximum atomic E-state index is 11.2. The van der Waals surface area contributed by atoms with Crippen LogP contribution in [-0.2, 0) is 11.3 Å². The van der Waals surface area contributed by atoms with Crippen LogP contribution in [0.2, 0.25) is 0 Å². The molecule has 0 bridgehead atoms. The minimum absolute atomic E-state index is 0.276. The van der Waals surface area contributed by atoms with Gasteiger partial charge in [0.2, 0.25) is 0 Å². The number of hydrogen-bond donors (Lipinski definition) is 3. The Bertz CT molecular complexity index is 451. The first-order valence-corrected chi connectivity index (χ1v) is 5.98. The summed E-state index contributed by atoms with van der Waals surface area (Å²) in [5.41, 5.74) is 5.73. The molecule has 7 heteroatoms. The zero-order valence-corrected chi connectivity index (χ0v) is 11.4. The fraction of sp³-hybridized carbons (Fsp3) is 0.273. The Morgan fingerprint density at radius 1 is 1.44 bits per heavy atom. The topological polar surface area (TPSA) is 93.4 Å². The number of rotatable bonds is 5. The summed E-state index contributed by atoms with van der Waals surface area (Å²) < 4.78 is 6.11. The van der Waals surface area contributed by atoms with Crippen LogP contribution in [0.3, 0.4) is 0 Å². The fourth-order valence-electron chi connectivity index (χ4n) is 1.36. The smallest absolute Gasteiger partial charge is 0.318 e. The van der Waals surface area contributed by atoms with E-state index in [1.165, 1.54) is 0 Å². The van der Waals surface area contributed by atoms with E-state index in [-0.39, 0.29) is 6.61 Å². The monoisotopic (exact) mass is 315 g/mol. The predicted molar refractivity (Wildman–Crippen MR) is 70.1 cm³/mol. The van der Waals surface area contributed by atoms with Gasteiger partial charge in [-0.2, -0.15) is 0 Å². The van der Waals surface area contributed by atoms with E-state index < -0.39 is 11.9 Å². The van der Waals surface area contributed by atoms with Crippen molar-refractivity contribution in [1.82, 2.24) is 10.6 Å². The second kappa shape index (κ2) is 6.97. The molecule has 1 aromatic carbocycles. The molecule has 0 radical (unpaired) electrons. The summed E-state index contributed by atoms with van der Waals surface area (Å²) >= 11 is 3.34. The highest BCUT2D eigenvalue weighted by Gasteiger charge is 2.10. The first-order valence-electron chi connectivity index (χ1n) is 5.18. The average Bonchev–Trinajstić information content (AvgIpc) is 2.27. The third-order valence-corrected chi connectivity index (χ3v) is 2.65. The normalized spacial score (nSPS) is 9.89. The number of carbonyl (C=O) groups is 2. The van der Waals surface area contributed by atoms with E-state index in [9.17, 15) is 9.59 Å². The number of nitrogens with one attached hydrogen (secondary N) is 2. The Hall–Kier alpha value is -1.60. The van der Waals surface area contributed by atoms with Gasteiger partial charge in [0.15, 0.2) is 6.61 Å². The van der Waals surface area contributed by atoms with Gasteiger partial charge in [-0.1, -0.05) is 12.1 Å². The molecule has 0 atom stereocenters. The van der Waals surface area contributed by atoms with Crippen molar-refractivity contribution in [2.24, 2.45) is 5.73 Å². The quantitative estimate of drug-likeness (QED) is 0.747. The summed E-state index contributed by atoms with van der Waals surface area (Å²) in [5, 5.41) is 4.92. The highest BCUT2D eigenvalue weighted by atomic mass is 79.9. The first kappa shape index (κ1) is 14.5. The van der Waals surface area contributed by atoms with E-state index in [4.69, 9.17) is 10.5 Å². The minimum atomic E-state index is -0.897. The van der Waals surface area contributed by atoms with Crippen LogP contribution in [0.1, 0.15) is 5.56 Å². The molecule has 0 saturated heterocycles. The lowest BCUT2D eigenvalue weighted by Gasteiger charge is -2.12. The molecule has 98 valence electrons. The van der Waals surface area contributed by atoms with Gasteiger partial charge in [0.1, 0.15) is 5.75 Å². The summed E-state index contributed by atoms with van der Waals surface area (Å²) in [4.78, 5) is 21.7. The van der Waals surface area contributed by atoms with E-state index in [1.54, 1.807) is 6.07 Å². The van der Waals surface area contributed by atoms with E-state index in [1.807, 2.05) is 24.5 Å². The van der Waals surface area contributed by atoms with Gasteiger partial charge < -0.3 is 15.8 Å². The Morgan fingerprint density at radius 2 is 2.17 bits per heavy atom. The number of halogens is 1. The number of carbonyl (C=O) groups excluding carboxylic acids is 2. The van der Waals surface area contributed by atoms with Crippen LogP contribution in [0.15, 0.2) is 22.7 Å². The molecular weight excluding hydrogens is 302 g/mol. The van der Waals surface area contributed by atoms with Gasteiger partial charge in [0.05, 0.1) is 4.47 Å². The highest BCUT2D eigenvalue weighted by molar-refractivity contribution is 9.10. The zero-order chi connectivity index (χ0) is 13.5. The summed E-state index contributed by atoms with van der Waals surface area (Å²) in [6.45, 7) is 0.328. The minimum Gasteiger partial charge on any atom is -0.482 e. The molecule has 0 aliphatic heterocycles. The number of nitrogens with two attached hydrogens (primary N) is 1. The van der Waals surface area contributed by atoms with E-state index >= 15 is 0 Å². The highest BCUT2D eigenvalue weighted by Crippen LogP contribution is 2.28. The van der Waals surface area contributed by atoms with Crippen molar-refractivity contribution in [2.45, 2.75) is 6.54 Å². The number of hydrogen-bond acceptors (Lipinski definition) is 4. The van der Waals surface area contributed by atoms with Crippen molar-refractivity contribution in [2.75, 3.05) is 13.7 Å². The Balaban J connectivity index is 2.71. The Kier molecular flexibility index (Phi) is 5.60. The third kappa shape index (κ3) is 4.34. The van der Waals surface area contributed by atoms with Crippen molar-refractivity contribution in [1.29, 1.82) is 0 Å². The van der Waals surface area contributed by atoms with Crippen LogP contribution >= 0.6 is 15.9 Å². The van der Waals surface area contributed by atoms with Crippen molar-refractivity contribution < 1.29 is 14.3 Å². The van der Waals surface area contributed by atoms with Crippen LogP contribution in [-0.4, -0.2) is 25.6 Å². The molecule has 0 aromatic heterocycles. The third-order valence-electron chi connectivity index (χ3n) is 2.03. The molecule has 0 heterocycles. The molecule has 6 nitrogen and oxygen atoms in total. The van der Waals surface area contributed by atoms with Crippen molar-refractivity contribution in [3.8, 4) is 5.75 Å². The number of ether oxygens (including phenoxy) is 1. The number of para-hydroxylation sites is 1. The van der Waals surface area contributed by atoms with Gasteiger partial charge in [-0.25, -0.2) is 4.79 Å². The standard InChI is InChI=1S/C11H14BrN3O3/c1-14-5-7-3-2-4-8(12)10(7)18-6-9(16)15-11(13)17/h2-4,14H,5-6H2,1H3,(H3,13,15,16,17). The van der Waals surface area contributed by atoms with Gasteiger partial charge >= 0.3 is 6.03 Å². The van der Waals surface area contributed by atoms with Crippen LogP contribution < -0.4 is 21.1 Å². The second-order valence-electron chi connectivity index (χ2n) is 3.46. The molecular formula is C11H14BrN3O3. The fourth-order valence-corrected chi connectivity index (χ4v) is 1.88. The molecule has 0 aliphatic carbocycles. The van der Waals surface area contributed by atoms with Crippen LogP contribution in [0.25, 0.3) is 0 Å². The maximum absolute atomic E-state index is 11.2. The molecule has 1 rings (SSSR count). The summed E-state index contributed by atoms with van der Waals surface area (Å²) in [5.74, 6) is -0.0277. The molecule has 0 spiro atoms. The largest absolute Gasteiger partial charge is 0.482 e.